The zero-order chi connectivity index (χ0) is 18.1. The van der Waals surface area contributed by atoms with Crippen molar-refractivity contribution >= 4 is 54.2 Å². The number of amides is 1. The number of carbonyl (C=O) groups excluding carboxylic acids is 1. The zero-order valence-corrected chi connectivity index (χ0v) is 16.8. The summed E-state index contributed by atoms with van der Waals surface area (Å²) in [6.07, 6.45) is 0. The smallest absolute Gasteiger partial charge is 0.256 e. The Morgan fingerprint density at radius 3 is 2.69 bits per heavy atom. The molecule has 1 N–H and O–H groups in total. The molecule has 1 saturated heterocycles. The summed E-state index contributed by atoms with van der Waals surface area (Å²) in [5.74, 6) is -0.124. The number of nitrogens with one attached hydrogen (secondary N) is 1. The van der Waals surface area contributed by atoms with Gasteiger partial charge in [0.25, 0.3) is 5.91 Å². The van der Waals surface area contributed by atoms with Gasteiger partial charge in [-0.2, -0.15) is 0 Å². The third kappa shape index (κ3) is 3.60. The first-order valence-electron chi connectivity index (χ1n) is 8.50. The van der Waals surface area contributed by atoms with E-state index in [-0.39, 0.29) is 5.91 Å². The van der Waals surface area contributed by atoms with Crippen molar-refractivity contribution < 1.29 is 4.79 Å². The molecule has 1 amide bonds. The van der Waals surface area contributed by atoms with Gasteiger partial charge in [0.2, 0.25) is 0 Å². The van der Waals surface area contributed by atoms with Crippen molar-refractivity contribution in [3.63, 3.8) is 0 Å². The topological polar surface area (TPSA) is 48.5 Å². The first-order valence-corrected chi connectivity index (χ1v) is 10.1. The van der Waals surface area contributed by atoms with Crippen LogP contribution >= 0.6 is 27.3 Å². The van der Waals surface area contributed by atoms with E-state index in [4.69, 9.17) is 4.98 Å². The molecule has 2 aromatic carbocycles. The molecule has 5 nitrogen and oxygen atoms in total. The maximum absolute atomic E-state index is 12.5. The molecule has 0 saturated carbocycles. The SMILES string of the molecule is CN1CCN(c2nc3ccc(NC(=O)c4ccccc4Br)cc3s2)CC1. The molecule has 134 valence electrons. The van der Waals surface area contributed by atoms with E-state index in [2.05, 4.69) is 38.1 Å². The molecule has 4 rings (SSSR count). The first-order chi connectivity index (χ1) is 12.6. The number of hydrogen-bond donors (Lipinski definition) is 1. The standard InChI is InChI=1S/C19H19BrN4OS/c1-23-8-10-24(11-9-23)19-22-16-7-6-13(12-17(16)26-19)21-18(25)14-4-2-3-5-15(14)20/h2-7,12H,8-11H2,1H3,(H,21,25). The van der Waals surface area contributed by atoms with E-state index in [9.17, 15) is 4.79 Å². The van der Waals surface area contributed by atoms with Crippen LogP contribution in [0.25, 0.3) is 10.2 Å². The maximum atomic E-state index is 12.5. The molecule has 26 heavy (non-hydrogen) atoms. The fourth-order valence-corrected chi connectivity index (χ4v) is 4.49. The fraction of sp³-hybridized carbons (Fsp3) is 0.263. The number of aromatic nitrogens is 1. The summed E-state index contributed by atoms with van der Waals surface area (Å²) < 4.78 is 1.87. The van der Waals surface area contributed by atoms with Crippen LogP contribution in [0.1, 0.15) is 10.4 Å². The molecule has 1 fully saturated rings. The lowest BCUT2D eigenvalue weighted by atomic mass is 10.2. The van der Waals surface area contributed by atoms with Crippen LogP contribution < -0.4 is 10.2 Å². The molecule has 7 heteroatoms. The number of benzene rings is 2. The summed E-state index contributed by atoms with van der Waals surface area (Å²) in [6, 6.07) is 13.3. The van der Waals surface area contributed by atoms with E-state index < -0.39 is 0 Å². The number of rotatable bonds is 3. The minimum Gasteiger partial charge on any atom is -0.345 e. The molecule has 0 unspecified atom stereocenters. The lowest BCUT2D eigenvalue weighted by Crippen LogP contribution is -2.44. The highest BCUT2D eigenvalue weighted by molar-refractivity contribution is 9.10. The molecule has 0 spiro atoms. The normalized spacial score (nSPS) is 15.4. The maximum Gasteiger partial charge on any atom is 0.256 e. The molecular formula is C19H19BrN4OS. The van der Waals surface area contributed by atoms with Crippen LogP contribution in [-0.2, 0) is 0 Å². The second-order valence-electron chi connectivity index (χ2n) is 6.40. The van der Waals surface area contributed by atoms with Crippen molar-refractivity contribution in [2.45, 2.75) is 0 Å². The van der Waals surface area contributed by atoms with Crippen LogP contribution in [0, 0.1) is 0 Å². The minimum atomic E-state index is -0.124. The van der Waals surface area contributed by atoms with Crippen molar-refractivity contribution in [1.82, 2.24) is 9.88 Å². The van der Waals surface area contributed by atoms with Crippen LogP contribution in [0.3, 0.4) is 0 Å². The molecule has 1 aromatic heterocycles. The Hall–Kier alpha value is -1.96. The minimum absolute atomic E-state index is 0.124. The van der Waals surface area contributed by atoms with Gasteiger partial charge in [-0.15, -0.1) is 0 Å². The van der Waals surface area contributed by atoms with E-state index in [1.54, 1.807) is 17.4 Å². The van der Waals surface area contributed by atoms with Gasteiger partial charge in [0.15, 0.2) is 5.13 Å². The van der Waals surface area contributed by atoms with Gasteiger partial charge in [-0.25, -0.2) is 4.98 Å². The predicted molar refractivity (Wildman–Crippen MR) is 111 cm³/mol. The van der Waals surface area contributed by atoms with Gasteiger partial charge in [0, 0.05) is 36.3 Å². The Bertz CT molecular complexity index is 950. The molecule has 0 radical (unpaired) electrons. The van der Waals surface area contributed by atoms with Gasteiger partial charge in [0.05, 0.1) is 15.8 Å². The van der Waals surface area contributed by atoms with Crippen LogP contribution in [-0.4, -0.2) is 49.0 Å². The molecule has 1 aliphatic rings. The van der Waals surface area contributed by atoms with Crippen molar-refractivity contribution in [2.75, 3.05) is 43.4 Å². The predicted octanol–water partition coefficient (Wildman–Crippen LogP) is 4.06. The molecule has 0 atom stereocenters. The highest BCUT2D eigenvalue weighted by Crippen LogP contribution is 2.31. The van der Waals surface area contributed by atoms with Gasteiger partial charge in [0.1, 0.15) is 0 Å². The molecule has 3 aromatic rings. The fourth-order valence-electron chi connectivity index (χ4n) is 2.97. The van der Waals surface area contributed by atoms with Gasteiger partial charge in [-0.3, -0.25) is 4.79 Å². The number of piperazine rings is 1. The van der Waals surface area contributed by atoms with Gasteiger partial charge in [-0.05, 0) is 53.3 Å². The number of likely N-dealkylation sites (N-methyl/N-ethyl adjacent to an activating group) is 1. The van der Waals surface area contributed by atoms with Crippen LogP contribution in [0.2, 0.25) is 0 Å². The summed E-state index contributed by atoms with van der Waals surface area (Å²) in [6.45, 7) is 4.12. The monoisotopic (exact) mass is 430 g/mol. The molecular weight excluding hydrogens is 412 g/mol. The average molecular weight is 431 g/mol. The number of nitrogens with zero attached hydrogens (tertiary/aromatic N) is 3. The van der Waals surface area contributed by atoms with Crippen molar-refractivity contribution in [1.29, 1.82) is 0 Å². The van der Waals surface area contributed by atoms with Crippen LogP contribution in [0.15, 0.2) is 46.9 Å². The van der Waals surface area contributed by atoms with Gasteiger partial charge in [-0.1, -0.05) is 23.5 Å². The number of carbonyl (C=O) groups is 1. The third-order valence-electron chi connectivity index (χ3n) is 4.53. The lowest BCUT2D eigenvalue weighted by Gasteiger charge is -2.31. The Kier molecular flexibility index (Phi) is 4.93. The van der Waals surface area contributed by atoms with E-state index in [0.29, 0.717) is 5.56 Å². The van der Waals surface area contributed by atoms with Gasteiger partial charge >= 0.3 is 0 Å². The third-order valence-corrected chi connectivity index (χ3v) is 6.30. The van der Waals surface area contributed by atoms with E-state index in [1.807, 2.05) is 36.4 Å². The summed E-state index contributed by atoms with van der Waals surface area (Å²) in [7, 11) is 2.15. The number of halogens is 1. The second kappa shape index (κ2) is 7.34. The second-order valence-corrected chi connectivity index (χ2v) is 8.27. The molecule has 0 bridgehead atoms. The molecule has 1 aliphatic heterocycles. The number of hydrogen-bond acceptors (Lipinski definition) is 5. The van der Waals surface area contributed by atoms with Crippen molar-refractivity contribution in [3.8, 4) is 0 Å². The Morgan fingerprint density at radius 1 is 1.15 bits per heavy atom. The first kappa shape index (κ1) is 17.5. The number of anilines is 2. The van der Waals surface area contributed by atoms with Crippen LogP contribution in [0.4, 0.5) is 10.8 Å². The van der Waals surface area contributed by atoms with Crippen molar-refractivity contribution in [3.05, 3.63) is 52.5 Å². The Morgan fingerprint density at radius 2 is 1.92 bits per heavy atom. The Balaban J connectivity index is 1.54. The highest BCUT2D eigenvalue weighted by Gasteiger charge is 2.18. The molecule has 0 aliphatic carbocycles. The van der Waals surface area contributed by atoms with Gasteiger partial charge < -0.3 is 15.1 Å². The Labute approximate surface area is 164 Å². The number of fused-ring (bicyclic) bond motifs is 1. The summed E-state index contributed by atoms with van der Waals surface area (Å²) in [5.41, 5.74) is 2.38. The zero-order valence-electron chi connectivity index (χ0n) is 14.4. The van der Waals surface area contributed by atoms with E-state index in [0.717, 1.165) is 51.7 Å². The quantitative estimate of drug-likeness (QED) is 0.680. The largest absolute Gasteiger partial charge is 0.345 e. The average Bonchev–Trinajstić information content (AvgIpc) is 3.06. The highest BCUT2D eigenvalue weighted by atomic mass is 79.9. The summed E-state index contributed by atoms with van der Waals surface area (Å²) in [5, 5.41) is 4.03. The summed E-state index contributed by atoms with van der Waals surface area (Å²) >= 11 is 5.10. The van der Waals surface area contributed by atoms with Crippen LogP contribution in [0.5, 0.6) is 0 Å². The molecule has 2 heterocycles. The van der Waals surface area contributed by atoms with Crippen molar-refractivity contribution in [2.24, 2.45) is 0 Å². The number of thiazole rings is 1. The van der Waals surface area contributed by atoms with E-state index in [1.165, 1.54) is 0 Å². The summed E-state index contributed by atoms with van der Waals surface area (Å²) in [4.78, 5) is 21.9. The van der Waals surface area contributed by atoms with E-state index >= 15 is 0 Å². The lowest BCUT2D eigenvalue weighted by molar-refractivity contribution is 0.102.